The Labute approximate surface area is 329 Å². The smallest absolute Gasteiger partial charge is 0.311 e. The maximum Gasteiger partial charge on any atom is 0.311 e. The topological polar surface area (TPSA) is 119 Å². The Hall–Kier alpha value is -3.27. The third-order valence-corrected chi connectivity index (χ3v) is 10.1. The molecule has 4 aliphatic rings. The van der Waals surface area contributed by atoms with E-state index in [2.05, 4.69) is 0 Å². The van der Waals surface area contributed by atoms with Gasteiger partial charge in [0.2, 0.25) is 0 Å². The van der Waals surface area contributed by atoms with Crippen LogP contribution in [0.4, 0.5) is 0 Å². The van der Waals surface area contributed by atoms with Gasteiger partial charge in [-0.2, -0.15) is 0 Å². The molecule has 10 atom stereocenters. The molecular weight excluding hydrogens is 720 g/mol. The van der Waals surface area contributed by atoms with E-state index in [0.29, 0.717) is 6.61 Å². The van der Waals surface area contributed by atoms with Crippen molar-refractivity contribution in [2.24, 2.45) is 5.41 Å². The summed E-state index contributed by atoms with van der Waals surface area (Å²) >= 11 is 0. The molecule has 0 radical (unpaired) electrons. The quantitative estimate of drug-likeness (QED) is 0.167. The summed E-state index contributed by atoms with van der Waals surface area (Å²) in [6.07, 6.45) is -7.99. The second-order valence-electron chi connectivity index (χ2n) is 16.7. The van der Waals surface area contributed by atoms with Crippen molar-refractivity contribution in [1.29, 1.82) is 0 Å². The molecule has 0 N–H and O–H groups in total. The molecule has 3 aromatic rings. The lowest BCUT2D eigenvalue weighted by atomic mass is 9.95. The predicted octanol–water partition coefficient (Wildman–Crippen LogP) is 6.47. The van der Waals surface area contributed by atoms with Gasteiger partial charge in [0.25, 0.3) is 0 Å². The first-order chi connectivity index (χ1) is 26.7. The molecule has 0 aromatic heterocycles. The van der Waals surface area contributed by atoms with E-state index in [1.54, 1.807) is 20.8 Å². The number of esters is 1. The largest absolute Gasteiger partial charge is 0.454 e. The van der Waals surface area contributed by atoms with Gasteiger partial charge in [0, 0.05) is 0 Å². The molecule has 0 bridgehead atoms. The van der Waals surface area contributed by atoms with Crippen LogP contribution in [0.3, 0.4) is 0 Å². The van der Waals surface area contributed by atoms with Crippen molar-refractivity contribution in [3.8, 4) is 0 Å². The highest BCUT2D eigenvalue weighted by Crippen LogP contribution is 2.44. The van der Waals surface area contributed by atoms with Gasteiger partial charge in [-0.05, 0) is 65.2 Å². The minimum atomic E-state index is -1.18. The van der Waals surface area contributed by atoms with Gasteiger partial charge in [-0.1, -0.05) is 91.0 Å². The van der Waals surface area contributed by atoms with E-state index in [-0.39, 0.29) is 26.4 Å². The van der Waals surface area contributed by atoms with Crippen LogP contribution in [0.5, 0.6) is 0 Å². The van der Waals surface area contributed by atoms with Gasteiger partial charge in [-0.3, -0.25) is 4.79 Å². The number of hydrogen-bond donors (Lipinski definition) is 0. The number of fused-ring (bicyclic) bond motifs is 1. The Bertz CT molecular complexity index is 1700. The Morgan fingerprint density at radius 3 is 1.79 bits per heavy atom. The average Bonchev–Trinajstić information content (AvgIpc) is 3.80. The van der Waals surface area contributed by atoms with E-state index in [0.717, 1.165) is 16.7 Å². The van der Waals surface area contributed by atoms with Crippen LogP contribution in [0.1, 0.15) is 65.2 Å². The summed E-state index contributed by atoms with van der Waals surface area (Å²) in [6.45, 7) is 13.9. The lowest BCUT2D eigenvalue weighted by Crippen LogP contribution is -2.64. The molecule has 4 saturated heterocycles. The molecule has 12 heteroatoms. The fraction of sp³-hybridized carbons (Fsp3) is 0.568. The molecule has 0 spiro atoms. The number of hydrogen-bond acceptors (Lipinski definition) is 12. The summed E-state index contributed by atoms with van der Waals surface area (Å²) in [5.41, 5.74) is 2.04. The number of carbonyl (C=O) groups excluding carboxylic acids is 1. The van der Waals surface area contributed by atoms with E-state index in [4.69, 9.17) is 52.1 Å². The first kappa shape index (κ1) is 40.9. The van der Waals surface area contributed by atoms with Crippen LogP contribution in [0.15, 0.2) is 91.0 Å². The Kier molecular flexibility index (Phi) is 12.6. The molecular formula is C44H56O12. The van der Waals surface area contributed by atoms with Crippen LogP contribution in [-0.4, -0.2) is 92.2 Å². The van der Waals surface area contributed by atoms with E-state index < -0.39 is 84.4 Å². The third kappa shape index (κ3) is 10.0. The van der Waals surface area contributed by atoms with Crippen molar-refractivity contribution in [2.75, 3.05) is 13.2 Å². The SMILES string of the molecule is CC1(C)OCC(C2OC3OC(C)(C)O[C@H]3C2OC2OC(COCc3ccccc3)[C@H](OCc3ccccc3)[C@@H](OCc3ccccc3)C2OC(=O)C(C)(C)C)O1. The minimum Gasteiger partial charge on any atom is -0.454 e. The summed E-state index contributed by atoms with van der Waals surface area (Å²) in [4.78, 5) is 13.9. The summed E-state index contributed by atoms with van der Waals surface area (Å²) in [5.74, 6) is -2.23. The van der Waals surface area contributed by atoms with E-state index in [1.807, 2.05) is 119 Å². The molecule has 4 fully saturated rings. The fourth-order valence-electron chi connectivity index (χ4n) is 7.33. The van der Waals surface area contributed by atoms with Crippen LogP contribution in [0, 0.1) is 5.41 Å². The number of ether oxygens (including phenoxy) is 11. The Morgan fingerprint density at radius 2 is 1.23 bits per heavy atom. The van der Waals surface area contributed by atoms with Gasteiger partial charge in [0.05, 0.1) is 38.4 Å². The molecule has 4 aliphatic heterocycles. The summed E-state index contributed by atoms with van der Waals surface area (Å²) < 4.78 is 71.5. The monoisotopic (exact) mass is 776 g/mol. The van der Waals surface area contributed by atoms with Crippen LogP contribution in [0.25, 0.3) is 0 Å². The Balaban J connectivity index is 1.25. The minimum absolute atomic E-state index is 0.121. The summed E-state index contributed by atoms with van der Waals surface area (Å²) in [7, 11) is 0. The van der Waals surface area contributed by atoms with Gasteiger partial charge in [0.1, 0.15) is 42.7 Å². The van der Waals surface area contributed by atoms with Crippen molar-refractivity contribution >= 4 is 5.97 Å². The van der Waals surface area contributed by atoms with Gasteiger partial charge < -0.3 is 52.1 Å². The van der Waals surface area contributed by atoms with Crippen molar-refractivity contribution in [1.82, 2.24) is 0 Å². The molecule has 0 aliphatic carbocycles. The zero-order valence-corrected chi connectivity index (χ0v) is 33.4. The van der Waals surface area contributed by atoms with Gasteiger partial charge in [-0.25, -0.2) is 0 Å². The molecule has 0 saturated carbocycles. The van der Waals surface area contributed by atoms with E-state index >= 15 is 0 Å². The maximum atomic E-state index is 13.9. The highest BCUT2D eigenvalue weighted by Gasteiger charge is 2.61. The van der Waals surface area contributed by atoms with Crippen molar-refractivity contribution in [3.63, 3.8) is 0 Å². The first-order valence-corrected chi connectivity index (χ1v) is 19.5. The number of rotatable bonds is 14. The van der Waals surface area contributed by atoms with E-state index in [9.17, 15) is 4.79 Å². The molecule has 3 aromatic carbocycles. The highest BCUT2D eigenvalue weighted by molar-refractivity contribution is 5.75. The van der Waals surface area contributed by atoms with Gasteiger partial charge in [0.15, 0.2) is 30.3 Å². The van der Waals surface area contributed by atoms with Crippen molar-refractivity contribution < 1.29 is 56.9 Å². The van der Waals surface area contributed by atoms with E-state index in [1.165, 1.54) is 0 Å². The predicted molar refractivity (Wildman–Crippen MR) is 203 cm³/mol. The summed E-state index contributed by atoms with van der Waals surface area (Å²) in [6, 6.07) is 29.6. The lowest BCUT2D eigenvalue weighted by Gasteiger charge is -2.47. The zero-order valence-electron chi connectivity index (χ0n) is 33.4. The standard InChI is InChI=1S/C44H56O12/c1-42(2,3)41(45)53-37-35(48-25-30-21-15-10-16-22-30)33(47-24-29-19-13-9-14-20-29)31(26-46-23-28-17-11-8-12-18-28)50-39(37)52-36-34(32-27-49-43(4,5)54-32)51-40-38(36)55-44(6,7)56-40/h8-22,31-40H,23-27H2,1-7H3/t31?,32?,33-,34?,35+,36?,37?,38-,39?,40?/m0/s1. The highest BCUT2D eigenvalue weighted by atomic mass is 16.9. The average molecular weight is 777 g/mol. The molecule has 7 rings (SSSR count). The lowest BCUT2D eigenvalue weighted by molar-refractivity contribution is -0.340. The number of carbonyl (C=O) groups is 1. The van der Waals surface area contributed by atoms with Crippen LogP contribution in [-0.2, 0) is 76.7 Å². The zero-order chi connectivity index (χ0) is 39.5. The molecule has 0 amide bonds. The molecule has 4 heterocycles. The van der Waals surface area contributed by atoms with Crippen LogP contribution >= 0.6 is 0 Å². The first-order valence-electron chi connectivity index (χ1n) is 19.5. The summed E-state index contributed by atoms with van der Waals surface area (Å²) in [5, 5.41) is 0. The molecule has 304 valence electrons. The number of benzene rings is 3. The molecule has 7 unspecified atom stereocenters. The van der Waals surface area contributed by atoms with Crippen molar-refractivity contribution in [3.05, 3.63) is 108 Å². The second-order valence-corrected chi connectivity index (χ2v) is 16.7. The second kappa shape index (κ2) is 17.3. The van der Waals surface area contributed by atoms with Crippen LogP contribution in [0.2, 0.25) is 0 Å². The fourth-order valence-corrected chi connectivity index (χ4v) is 7.33. The van der Waals surface area contributed by atoms with Gasteiger partial charge in [-0.15, -0.1) is 0 Å². The normalized spacial score (nSPS) is 32.3. The molecule has 56 heavy (non-hydrogen) atoms. The van der Waals surface area contributed by atoms with Gasteiger partial charge >= 0.3 is 5.97 Å². The van der Waals surface area contributed by atoms with Crippen molar-refractivity contribution in [2.45, 2.75) is 141 Å². The third-order valence-electron chi connectivity index (χ3n) is 10.1. The Morgan fingerprint density at radius 1 is 0.661 bits per heavy atom. The maximum absolute atomic E-state index is 13.9. The van der Waals surface area contributed by atoms with Crippen LogP contribution < -0.4 is 0 Å². The molecule has 12 nitrogen and oxygen atoms in total.